The summed E-state index contributed by atoms with van der Waals surface area (Å²) in [5.41, 5.74) is -2.32. The van der Waals surface area contributed by atoms with Gasteiger partial charge in [-0.25, -0.2) is 19.2 Å². The van der Waals surface area contributed by atoms with Crippen LogP contribution in [0.2, 0.25) is 0 Å². The van der Waals surface area contributed by atoms with E-state index >= 15 is 0 Å². The number of rotatable bonds is 10. The van der Waals surface area contributed by atoms with E-state index in [4.69, 9.17) is 0 Å². The Balaban J connectivity index is 1.90. The first-order chi connectivity index (χ1) is 19.1. The van der Waals surface area contributed by atoms with Gasteiger partial charge in [0, 0.05) is 11.1 Å². The zero-order chi connectivity index (χ0) is 29.0. The van der Waals surface area contributed by atoms with E-state index in [0.29, 0.717) is 11.1 Å². The van der Waals surface area contributed by atoms with Crippen LogP contribution >= 0.6 is 0 Å². The minimum absolute atomic E-state index is 0.0644. The Morgan fingerprint density at radius 3 is 1.05 bits per heavy atom. The van der Waals surface area contributed by atoms with Crippen molar-refractivity contribution < 1.29 is 44.4 Å². The Hall–Kier alpha value is -5.57. The van der Waals surface area contributed by atoms with Crippen molar-refractivity contribution in [3.63, 3.8) is 0 Å². The van der Waals surface area contributed by atoms with Crippen LogP contribution in [0.4, 0.5) is 0 Å². The molecule has 4 aromatic rings. The summed E-state index contributed by atoms with van der Waals surface area (Å²) >= 11 is 0. The monoisotopic (exact) mass is 538 g/mol. The van der Waals surface area contributed by atoms with Crippen LogP contribution in [0.1, 0.15) is 79.6 Å². The summed E-state index contributed by atoms with van der Waals surface area (Å²) in [6.45, 7) is 0. The molecule has 0 saturated heterocycles. The average Bonchev–Trinajstić information content (AvgIpc) is 2.92. The lowest BCUT2D eigenvalue weighted by Gasteiger charge is -2.16. The molecule has 0 saturated carbocycles. The molecule has 4 aromatic carbocycles. The first-order valence-electron chi connectivity index (χ1n) is 12.0. The molecule has 0 aliphatic rings. The van der Waals surface area contributed by atoms with E-state index < -0.39 is 63.0 Å². The van der Waals surface area contributed by atoms with Gasteiger partial charge in [-0.15, -0.1) is 0 Å². The topological polar surface area (TPSA) is 166 Å². The van der Waals surface area contributed by atoms with Crippen molar-refractivity contribution in [3.8, 4) is 0 Å². The van der Waals surface area contributed by atoms with Crippen LogP contribution in [0.3, 0.4) is 0 Å². The first-order valence-corrected chi connectivity index (χ1v) is 12.0. The lowest BCUT2D eigenvalue weighted by atomic mass is 9.85. The fraction of sp³-hybridized carbons (Fsp3) is 0.0645. The molecule has 4 rings (SSSR count). The van der Waals surface area contributed by atoms with Gasteiger partial charge in [0.2, 0.25) is 0 Å². The molecule has 0 radical (unpaired) electrons. The van der Waals surface area contributed by atoms with Crippen LogP contribution in [0.5, 0.6) is 0 Å². The van der Waals surface area contributed by atoms with Gasteiger partial charge in [0.15, 0.2) is 5.78 Å². The molecule has 9 nitrogen and oxygen atoms in total. The van der Waals surface area contributed by atoms with Gasteiger partial charge in [0.1, 0.15) is 0 Å². The average molecular weight is 539 g/mol. The second kappa shape index (κ2) is 11.4. The van der Waals surface area contributed by atoms with Crippen molar-refractivity contribution in [2.75, 3.05) is 0 Å². The molecule has 9 heteroatoms. The van der Waals surface area contributed by atoms with Crippen molar-refractivity contribution in [1.82, 2.24) is 0 Å². The van der Waals surface area contributed by atoms with E-state index in [2.05, 4.69) is 0 Å². The molecule has 0 heterocycles. The van der Waals surface area contributed by atoms with E-state index in [0.717, 1.165) is 12.1 Å². The molecule has 0 fully saturated rings. The molecular weight excluding hydrogens is 516 g/mol. The molecule has 40 heavy (non-hydrogen) atoms. The fourth-order valence-electron chi connectivity index (χ4n) is 4.67. The molecule has 0 bridgehead atoms. The van der Waals surface area contributed by atoms with Crippen LogP contribution < -0.4 is 0 Å². The Kier molecular flexibility index (Phi) is 7.86. The van der Waals surface area contributed by atoms with E-state index in [1.54, 1.807) is 60.7 Å². The van der Waals surface area contributed by atoms with E-state index in [1.807, 2.05) is 0 Å². The molecule has 0 aromatic heterocycles. The highest BCUT2D eigenvalue weighted by Crippen LogP contribution is 2.29. The number of carbonyl (C=O) groups excluding carboxylic acids is 1. The second-order valence-corrected chi connectivity index (χ2v) is 8.92. The number of hydrogen-bond donors (Lipinski definition) is 4. The van der Waals surface area contributed by atoms with Gasteiger partial charge in [0.05, 0.1) is 22.3 Å². The number of carbonyl (C=O) groups is 5. The first kappa shape index (κ1) is 27.5. The maximum atomic E-state index is 13.7. The van der Waals surface area contributed by atoms with E-state index in [9.17, 15) is 44.4 Å². The van der Waals surface area contributed by atoms with Crippen LogP contribution in [-0.4, -0.2) is 50.1 Å². The van der Waals surface area contributed by atoms with Crippen molar-refractivity contribution >= 4 is 29.7 Å². The third-order valence-corrected chi connectivity index (χ3v) is 6.40. The van der Waals surface area contributed by atoms with Crippen molar-refractivity contribution in [2.24, 2.45) is 0 Å². The van der Waals surface area contributed by atoms with Gasteiger partial charge in [-0.05, 0) is 47.2 Å². The smallest absolute Gasteiger partial charge is 0.337 e. The van der Waals surface area contributed by atoms with Gasteiger partial charge in [0.25, 0.3) is 0 Å². The van der Waals surface area contributed by atoms with Crippen LogP contribution in [0.15, 0.2) is 84.9 Å². The molecule has 0 aliphatic heterocycles. The third-order valence-electron chi connectivity index (χ3n) is 6.40. The van der Waals surface area contributed by atoms with E-state index in [1.165, 1.54) is 12.1 Å². The number of hydrogen-bond acceptors (Lipinski definition) is 5. The number of carboxylic acid groups (broad SMARTS) is 4. The Labute approximate surface area is 227 Å². The highest BCUT2D eigenvalue weighted by Gasteiger charge is 2.32. The quantitative estimate of drug-likeness (QED) is 0.206. The van der Waals surface area contributed by atoms with Gasteiger partial charge in [-0.1, -0.05) is 72.8 Å². The number of aromatic carboxylic acids is 4. The standard InChI is InChI=1S/C31H22O9/c32-27(21-13-11-19(15-17-7-3-1-4-8-17)23(28(33)34)25(21)30(37)38)22-14-12-20(16-18-9-5-2-6-10-18)24(29(35)36)26(22)31(39)40/h1-14H,15-16H2,(H,33,34)(H,35,36)(H,37,38)(H,39,40). The Morgan fingerprint density at radius 1 is 0.425 bits per heavy atom. The highest BCUT2D eigenvalue weighted by molar-refractivity contribution is 6.21. The van der Waals surface area contributed by atoms with Crippen molar-refractivity contribution in [1.29, 1.82) is 0 Å². The van der Waals surface area contributed by atoms with Crippen molar-refractivity contribution in [2.45, 2.75) is 12.8 Å². The summed E-state index contributed by atoms with van der Waals surface area (Å²) in [5.74, 6) is -7.70. The van der Waals surface area contributed by atoms with Crippen LogP contribution in [0.25, 0.3) is 0 Å². The van der Waals surface area contributed by atoms with Gasteiger partial charge in [-0.2, -0.15) is 0 Å². The SMILES string of the molecule is O=C(c1ccc(Cc2ccccc2)c(C(=O)O)c1C(=O)O)c1ccc(Cc2ccccc2)c(C(=O)O)c1C(=O)O. The Bertz CT molecular complexity index is 1530. The molecule has 0 amide bonds. The highest BCUT2D eigenvalue weighted by atomic mass is 16.4. The molecule has 0 aliphatic carbocycles. The Morgan fingerprint density at radius 2 is 0.750 bits per heavy atom. The summed E-state index contributed by atoms with van der Waals surface area (Å²) in [7, 11) is 0. The molecule has 200 valence electrons. The maximum Gasteiger partial charge on any atom is 0.337 e. The third kappa shape index (κ3) is 5.48. The minimum atomic E-state index is -1.70. The molecular formula is C31H22O9. The number of carboxylic acids is 4. The van der Waals surface area contributed by atoms with Gasteiger partial charge >= 0.3 is 23.9 Å². The lowest BCUT2D eigenvalue weighted by Crippen LogP contribution is -2.21. The normalized spacial score (nSPS) is 10.6. The molecule has 0 spiro atoms. The largest absolute Gasteiger partial charge is 0.478 e. The van der Waals surface area contributed by atoms with Crippen LogP contribution in [0, 0.1) is 0 Å². The minimum Gasteiger partial charge on any atom is -0.478 e. The molecule has 0 atom stereocenters. The maximum absolute atomic E-state index is 13.7. The zero-order valence-electron chi connectivity index (χ0n) is 20.8. The van der Waals surface area contributed by atoms with E-state index in [-0.39, 0.29) is 24.0 Å². The number of benzene rings is 4. The summed E-state index contributed by atoms with van der Waals surface area (Å²) in [5, 5.41) is 39.9. The van der Waals surface area contributed by atoms with Gasteiger partial charge in [-0.3, -0.25) is 4.79 Å². The zero-order valence-corrected chi connectivity index (χ0v) is 20.8. The summed E-state index contributed by atoms with van der Waals surface area (Å²) in [6.07, 6.45) is 0.129. The predicted molar refractivity (Wildman–Crippen MR) is 143 cm³/mol. The fourth-order valence-corrected chi connectivity index (χ4v) is 4.67. The molecule has 4 N–H and O–H groups in total. The second-order valence-electron chi connectivity index (χ2n) is 8.92. The molecule has 0 unspecified atom stereocenters. The van der Waals surface area contributed by atoms with Crippen LogP contribution in [-0.2, 0) is 12.8 Å². The summed E-state index contributed by atoms with van der Waals surface area (Å²) in [6, 6.07) is 22.3. The van der Waals surface area contributed by atoms with Gasteiger partial charge < -0.3 is 20.4 Å². The lowest BCUT2D eigenvalue weighted by molar-refractivity contribution is 0.0646. The van der Waals surface area contributed by atoms with Crippen molar-refractivity contribution in [3.05, 3.63) is 141 Å². The number of ketones is 1. The predicted octanol–water partition coefficient (Wildman–Crippen LogP) is 4.89. The summed E-state index contributed by atoms with van der Waals surface area (Å²) in [4.78, 5) is 62.8. The summed E-state index contributed by atoms with van der Waals surface area (Å²) < 4.78 is 0.